The molecule has 0 saturated carbocycles. The van der Waals surface area contributed by atoms with Crippen molar-refractivity contribution < 1.29 is 30.9 Å². The van der Waals surface area contributed by atoms with Crippen LogP contribution in [-0.2, 0) is 21.0 Å². The molecule has 2 rings (SSSR count). The lowest BCUT2D eigenvalue weighted by molar-refractivity contribution is -0.137. The molecule has 26 heavy (non-hydrogen) atoms. The van der Waals surface area contributed by atoms with Crippen LogP contribution in [0, 0.1) is 6.92 Å². The number of nitrogens with one attached hydrogen (secondary N) is 1. The van der Waals surface area contributed by atoms with Crippen molar-refractivity contribution in [2.24, 2.45) is 5.14 Å². The molecule has 1 aromatic heterocycles. The zero-order valence-corrected chi connectivity index (χ0v) is 14.5. The summed E-state index contributed by atoms with van der Waals surface area (Å²) in [6.45, 7) is 1.17. The van der Waals surface area contributed by atoms with Gasteiger partial charge in [0.2, 0.25) is 15.9 Å². The Kier molecular flexibility index (Phi) is 5.28. The zero-order chi connectivity index (χ0) is 19.7. The number of benzene rings is 1. The van der Waals surface area contributed by atoms with E-state index in [0.717, 1.165) is 17.0 Å². The van der Waals surface area contributed by atoms with Crippen LogP contribution in [0.4, 0.5) is 24.7 Å². The predicted molar refractivity (Wildman–Crippen MR) is 86.0 cm³/mol. The number of anilines is 2. The van der Waals surface area contributed by atoms with Gasteiger partial charge >= 0.3 is 6.18 Å². The highest BCUT2D eigenvalue weighted by molar-refractivity contribution is 7.89. The lowest BCUT2D eigenvalue weighted by Gasteiger charge is -2.23. The first-order valence-corrected chi connectivity index (χ1v) is 8.61. The van der Waals surface area contributed by atoms with E-state index in [-0.39, 0.29) is 11.5 Å². The number of amides is 1. The Balaban J connectivity index is 2.27. The highest BCUT2D eigenvalue weighted by atomic mass is 32.2. The summed E-state index contributed by atoms with van der Waals surface area (Å²) in [5, 5.41) is 10.8. The molecule has 0 aliphatic rings. The van der Waals surface area contributed by atoms with Crippen LogP contribution >= 0.6 is 0 Å². The third-order valence-corrected chi connectivity index (χ3v) is 4.20. The summed E-state index contributed by atoms with van der Waals surface area (Å²) >= 11 is 0. The van der Waals surface area contributed by atoms with Crippen LogP contribution in [0.2, 0.25) is 0 Å². The van der Waals surface area contributed by atoms with E-state index in [2.05, 4.69) is 10.5 Å². The lowest BCUT2D eigenvalue weighted by atomic mass is 10.1. The fourth-order valence-electron chi connectivity index (χ4n) is 2.16. The Bertz CT molecular complexity index is 925. The van der Waals surface area contributed by atoms with Gasteiger partial charge in [-0.15, -0.1) is 0 Å². The summed E-state index contributed by atoms with van der Waals surface area (Å²) in [6, 6.07) is 3.76. The Morgan fingerprint density at radius 3 is 2.50 bits per heavy atom. The minimum Gasteiger partial charge on any atom is -0.365 e. The van der Waals surface area contributed by atoms with Crippen LogP contribution in [0.3, 0.4) is 0 Å². The second kappa shape index (κ2) is 6.96. The van der Waals surface area contributed by atoms with Crippen LogP contribution in [0.5, 0.6) is 0 Å². The van der Waals surface area contributed by atoms with Crippen molar-refractivity contribution in [2.75, 3.05) is 23.8 Å². The van der Waals surface area contributed by atoms with E-state index in [1.807, 2.05) is 0 Å². The molecule has 1 aromatic carbocycles. The number of halogens is 3. The molecule has 142 valence electrons. The Hall–Kier alpha value is -2.60. The molecule has 0 aliphatic carbocycles. The van der Waals surface area contributed by atoms with Crippen LogP contribution in [0.25, 0.3) is 0 Å². The van der Waals surface area contributed by atoms with Crippen LogP contribution < -0.4 is 15.4 Å². The molecule has 3 N–H and O–H groups in total. The average molecular weight is 392 g/mol. The molecule has 8 nitrogen and oxygen atoms in total. The third-order valence-electron chi connectivity index (χ3n) is 3.29. The first-order chi connectivity index (χ1) is 11.9. The SMILES string of the molecule is Cc1cc(NC(=O)CN(C)c2ccc(S(N)(=O)=O)cc2C(F)(F)F)no1. The number of carbonyl (C=O) groups is 1. The zero-order valence-electron chi connectivity index (χ0n) is 13.7. The number of rotatable bonds is 5. The largest absolute Gasteiger partial charge is 0.418 e. The highest BCUT2D eigenvalue weighted by Crippen LogP contribution is 2.37. The molecule has 0 atom stereocenters. The number of alkyl halides is 3. The van der Waals surface area contributed by atoms with E-state index in [9.17, 15) is 26.4 Å². The Labute approximate surface area is 146 Å². The fourth-order valence-corrected chi connectivity index (χ4v) is 2.70. The van der Waals surface area contributed by atoms with Gasteiger partial charge in [0.1, 0.15) is 5.76 Å². The van der Waals surface area contributed by atoms with E-state index in [0.29, 0.717) is 11.8 Å². The Morgan fingerprint density at radius 1 is 1.35 bits per heavy atom. The lowest BCUT2D eigenvalue weighted by Crippen LogP contribution is -2.31. The molecule has 1 heterocycles. The molecule has 2 aromatic rings. The van der Waals surface area contributed by atoms with Gasteiger partial charge in [-0.3, -0.25) is 4.79 Å². The summed E-state index contributed by atoms with van der Waals surface area (Å²) in [7, 11) is -3.05. The third kappa shape index (κ3) is 4.73. The van der Waals surface area contributed by atoms with Crippen molar-refractivity contribution in [1.82, 2.24) is 5.16 Å². The first-order valence-electron chi connectivity index (χ1n) is 7.06. The van der Waals surface area contributed by atoms with Gasteiger partial charge in [0.05, 0.1) is 17.0 Å². The quantitative estimate of drug-likeness (QED) is 0.800. The molecule has 0 unspecified atom stereocenters. The monoisotopic (exact) mass is 392 g/mol. The van der Waals surface area contributed by atoms with E-state index in [1.54, 1.807) is 6.92 Å². The van der Waals surface area contributed by atoms with Crippen molar-refractivity contribution in [1.29, 1.82) is 0 Å². The van der Waals surface area contributed by atoms with E-state index in [4.69, 9.17) is 9.66 Å². The summed E-state index contributed by atoms with van der Waals surface area (Å²) in [5.41, 5.74) is -1.60. The van der Waals surface area contributed by atoms with Crippen LogP contribution in [0.1, 0.15) is 11.3 Å². The van der Waals surface area contributed by atoms with E-state index in [1.165, 1.54) is 13.1 Å². The van der Waals surface area contributed by atoms with Gasteiger partial charge in [-0.2, -0.15) is 13.2 Å². The normalized spacial score (nSPS) is 12.1. The number of carbonyl (C=O) groups excluding carboxylic acids is 1. The minimum absolute atomic E-state index is 0.126. The average Bonchev–Trinajstić information content (AvgIpc) is 2.89. The highest BCUT2D eigenvalue weighted by Gasteiger charge is 2.35. The smallest absolute Gasteiger partial charge is 0.365 e. The molecule has 0 bridgehead atoms. The number of aryl methyl sites for hydroxylation is 1. The number of nitrogens with zero attached hydrogens (tertiary/aromatic N) is 2. The molecular weight excluding hydrogens is 377 g/mol. The van der Waals surface area contributed by atoms with Crippen LogP contribution in [-0.4, -0.2) is 33.1 Å². The predicted octanol–water partition coefficient (Wildman–Crippen LogP) is 1.72. The number of likely N-dealkylation sites (N-methyl/N-ethyl adjacent to an activating group) is 1. The maximum absolute atomic E-state index is 13.3. The van der Waals surface area contributed by atoms with Crippen molar-refractivity contribution in [3.63, 3.8) is 0 Å². The number of hydrogen-bond acceptors (Lipinski definition) is 6. The second-order valence-electron chi connectivity index (χ2n) is 5.45. The Morgan fingerprint density at radius 2 is 2.00 bits per heavy atom. The number of nitrogens with two attached hydrogens (primary N) is 1. The minimum atomic E-state index is -4.84. The summed E-state index contributed by atoms with van der Waals surface area (Å²) in [4.78, 5) is 12.3. The van der Waals surface area contributed by atoms with Crippen molar-refractivity contribution in [3.8, 4) is 0 Å². The maximum atomic E-state index is 13.3. The van der Waals surface area contributed by atoms with Crippen LogP contribution in [0.15, 0.2) is 33.7 Å². The number of aromatic nitrogens is 1. The van der Waals surface area contributed by atoms with Crippen molar-refractivity contribution in [3.05, 3.63) is 35.6 Å². The van der Waals surface area contributed by atoms with Gasteiger partial charge in [0.15, 0.2) is 5.82 Å². The molecule has 0 radical (unpaired) electrons. The summed E-state index contributed by atoms with van der Waals surface area (Å²) in [5.74, 6) is -0.0578. The molecule has 0 fully saturated rings. The van der Waals surface area contributed by atoms with Gasteiger partial charge in [-0.1, -0.05) is 5.16 Å². The molecule has 0 aliphatic heterocycles. The number of primary sulfonamides is 1. The van der Waals surface area contributed by atoms with Gasteiger partial charge in [0.25, 0.3) is 0 Å². The number of hydrogen-bond donors (Lipinski definition) is 2. The second-order valence-corrected chi connectivity index (χ2v) is 7.01. The standard InChI is InChI=1S/C14H15F3N4O4S/c1-8-5-12(20-25-8)19-13(22)7-21(2)11-4-3-9(26(18,23)24)6-10(11)14(15,16)17/h3-6H,7H2,1-2H3,(H2,18,23,24)(H,19,20,22). The molecule has 0 spiro atoms. The van der Waals surface area contributed by atoms with E-state index >= 15 is 0 Å². The molecule has 0 saturated heterocycles. The van der Waals surface area contributed by atoms with E-state index < -0.39 is 39.1 Å². The van der Waals surface area contributed by atoms with Crippen molar-refractivity contribution in [2.45, 2.75) is 18.0 Å². The van der Waals surface area contributed by atoms with Gasteiger partial charge in [-0.25, -0.2) is 13.6 Å². The molecule has 1 amide bonds. The number of sulfonamides is 1. The first kappa shape index (κ1) is 19.7. The van der Waals surface area contributed by atoms with Gasteiger partial charge in [0, 0.05) is 18.8 Å². The topological polar surface area (TPSA) is 119 Å². The maximum Gasteiger partial charge on any atom is 0.418 e. The fraction of sp³-hybridized carbons (Fsp3) is 0.286. The van der Waals surface area contributed by atoms with Gasteiger partial charge < -0.3 is 14.7 Å². The molecular formula is C14H15F3N4O4S. The summed E-state index contributed by atoms with van der Waals surface area (Å²) in [6.07, 6.45) is -4.84. The van der Waals surface area contributed by atoms with Crippen molar-refractivity contribution >= 4 is 27.4 Å². The van der Waals surface area contributed by atoms with Gasteiger partial charge in [-0.05, 0) is 25.1 Å². The molecule has 12 heteroatoms. The summed E-state index contributed by atoms with van der Waals surface area (Å²) < 4.78 is 67.2.